The number of hydrogen-bond donors (Lipinski definition) is 1. The Balaban J connectivity index is 1.98. The van der Waals surface area contributed by atoms with Crippen LogP contribution in [0.3, 0.4) is 0 Å². The summed E-state index contributed by atoms with van der Waals surface area (Å²) in [5.74, 6) is -0.918. The van der Waals surface area contributed by atoms with Crippen LogP contribution in [0.4, 0.5) is 10.1 Å². The zero-order chi connectivity index (χ0) is 22.0. The Labute approximate surface area is 187 Å². The Kier molecular flexibility index (Phi) is 6.45. The Bertz CT molecular complexity index is 1220. The third kappa shape index (κ3) is 4.33. The molecule has 0 aliphatic carbocycles. The van der Waals surface area contributed by atoms with Gasteiger partial charge in [-0.2, -0.15) is 5.26 Å². The molecule has 7 heteroatoms. The fourth-order valence-corrected chi connectivity index (χ4v) is 3.71. The van der Waals surface area contributed by atoms with Crippen LogP contribution in [0.15, 0.2) is 52.5 Å². The highest BCUT2D eigenvalue weighted by Crippen LogP contribution is 2.27. The van der Waals surface area contributed by atoms with E-state index in [0.717, 1.165) is 5.69 Å². The van der Waals surface area contributed by atoms with Crippen molar-refractivity contribution in [2.45, 2.75) is 20.8 Å². The molecular formula is C23H18BrClFN3O. The van der Waals surface area contributed by atoms with E-state index in [4.69, 9.17) is 11.6 Å². The predicted octanol–water partition coefficient (Wildman–Crippen LogP) is 6.50. The standard InChI is InChI=1S/C23H18BrClFN3O/c1-13-9-16(15(3)29(13)22-8-7-18(24)11-20(22)26)10-17(12-27)23(30)28-21-6-4-5-19(25)14(21)2/h4-11H,1-3H3,(H,28,30)/b17-10-. The summed E-state index contributed by atoms with van der Waals surface area (Å²) in [4.78, 5) is 12.7. The molecule has 1 amide bonds. The maximum absolute atomic E-state index is 14.5. The van der Waals surface area contributed by atoms with Crippen LogP contribution < -0.4 is 5.32 Å². The number of amides is 1. The van der Waals surface area contributed by atoms with Gasteiger partial charge in [-0.15, -0.1) is 0 Å². The van der Waals surface area contributed by atoms with Crippen LogP contribution >= 0.6 is 27.5 Å². The molecule has 3 aromatic rings. The topological polar surface area (TPSA) is 57.8 Å². The van der Waals surface area contributed by atoms with Gasteiger partial charge in [-0.1, -0.05) is 33.6 Å². The van der Waals surface area contributed by atoms with Gasteiger partial charge in [0.05, 0.1) is 5.69 Å². The average molecular weight is 487 g/mol. The molecule has 0 fully saturated rings. The number of hydrogen-bond acceptors (Lipinski definition) is 2. The molecule has 0 radical (unpaired) electrons. The first kappa shape index (κ1) is 21.8. The molecule has 0 aliphatic rings. The van der Waals surface area contributed by atoms with Gasteiger partial charge in [-0.05, 0) is 74.4 Å². The van der Waals surface area contributed by atoms with Crippen molar-refractivity contribution in [3.63, 3.8) is 0 Å². The van der Waals surface area contributed by atoms with E-state index in [1.54, 1.807) is 41.8 Å². The second-order valence-corrected chi connectivity index (χ2v) is 8.12. The summed E-state index contributed by atoms with van der Waals surface area (Å²) in [6.07, 6.45) is 1.50. The molecule has 3 rings (SSSR count). The molecule has 0 atom stereocenters. The largest absolute Gasteiger partial charge is 0.321 e. The second kappa shape index (κ2) is 8.86. The van der Waals surface area contributed by atoms with Crippen LogP contribution in [0.2, 0.25) is 5.02 Å². The minimum Gasteiger partial charge on any atom is -0.321 e. The molecule has 4 nitrogen and oxygen atoms in total. The van der Waals surface area contributed by atoms with Gasteiger partial charge in [0.15, 0.2) is 0 Å². The third-order valence-corrected chi connectivity index (χ3v) is 5.70. The van der Waals surface area contributed by atoms with Crippen LogP contribution in [0.25, 0.3) is 11.8 Å². The number of nitrogens with one attached hydrogen (secondary N) is 1. The lowest BCUT2D eigenvalue weighted by atomic mass is 10.1. The van der Waals surface area contributed by atoms with Gasteiger partial charge in [-0.3, -0.25) is 4.79 Å². The summed E-state index contributed by atoms with van der Waals surface area (Å²) in [5.41, 5.74) is 3.74. The minimum absolute atomic E-state index is 0.0640. The third-order valence-electron chi connectivity index (χ3n) is 4.80. The molecule has 1 heterocycles. The van der Waals surface area contributed by atoms with E-state index in [0.29, 0.717) is 37.7 Å². The number of anilines is 1. The smallest absolute Gasteiger partial charge is 0.266 e. The van der Waals surface area contributed by atoms with Crippen LogP contribution in [0, 0.1) is 37.9 Å². The first-order chi connectivity index (χ1) is 14.2. The SMILES string of the molecule is Cc1c(Cl)cccc1NC(=O)/C(C#N)=C\c1cc(C)n(-c2ccc(Br)cc2F)c1C. The van der Waals surface area contributed by atoms with E-state index in [9.17, 15) is 14.4 Å². The minimum atomic E-state index is -0.539. The summed E-state index contributed by atoms with van der Waals surface area (Å²) in [6.45, 7) is 5.44. The van der Waals surface area contributed by atoms with Crippen LogP contribution in [0.5, 0.6) is 0 Å². The number of carbonyl (C=O) groups excluding carboxylic acids is 1. The molecule has 152 valence electrons. The van der Waals surface area contributed by atoms with Crippen molar-refractivity contribution in [2.24, 2.45) is 0 Å². The van der Waals surface area contributed by atoms with E-state index >= 15 is 0 Å². The lowest BCUT2D eigenvalue weighted by molar-refractivity contribution is -0.112. The first-order valence-electron chi connectivity index (χ1n) is 9.05. The Morgan fingerprint density at radius 1 is 1.23 bits per heavy atom. The molecule has 0 spiro atoms. The molecule has 0 saturated heterocycles. The van der Waals surface area contributed by atoms with Crippen molar-refractivity contribution >= 4 is 45.2 Å². The molecule has 0 bridgehead atoms. The number of aromatic nitrogens is 1. The normalized spacial score (nSPS) is 11.3. The monoisotopic (exact) mass is 485 g/mol. The highest BCUT2D eigenvalue weighted by atomic mass is 79.9. The van der Waals surface area contributed by atoms with E-state index in [2.05, 4.69) is 21.2 Å². The molecule has 30 heavy (non-hydrogen) atoms. The summed E-state index contributed by atoms with van der Waals surface area (Å²) in [6, 6.07) is 13.8. The number of benzene rings is 2. The maximum Gasteiger partial charge on any atom is 0.266 e. The van der Waals surface area contributed by atoms with E-state index in [1.165, 1.54) is 12.1 Å². The van der Waals surface area contributed by atoms with Crippen LogP contribution in [-0.4, -0.2) is 10.5 Å². The lowest BCUT2D eigenvalue weighted by Crippen LogP contribution is -2.14. The van der Waals surface area contributed by atoms with Gasteiger partial charge in [0.2, 0.25) is 0 Å². The van der Waals surface area contributed by atoms with Crippen molar-refractivity contribution in [3.8, 4) is 11.8 Å². The second-order valence-electron chi connectivity index (χ2n) is 6.79. The summed E-state index contributed by atoms with van der Waals surface area (Å²) >= 11 is 9.35. The van der Waals surface area contributed by atoms with Gasteiger partial charge in [0, 0.05) is 26.6 Å². The van der Waals surface area contributed by atoms with Gasteiger partial charge >= 0.3 is 0 Å². The Morgan fingerprint density at radius 3 is 2.63 bits per heavy atom. The number of halogens is 3. The van der Waals surface area contributed by atoms with Crippen molar-refractivity contribution in [3.05, 3.63) is 85.9 Å². The van der Waals surface area contributed by atoms with Crippen LogP contribution in [-0.2, 0) is 4.79 Å². The van der Waals surface area contributed by atoms with Crippen LogP contribution in [0.1, 0.15) is 22.5 Å². The summed E-state index contributed by atoms with van der Waals surface area (Å²) in [7, 11) is 0. The molecule has 1 N–H and O–H groups in total. The zero-order valence-electron chi connectivity index (χ0n) is 16.6. The number of carbonyl (C=O) groups is 1. The molecular weight excluding hydrogens is 469 g/mol. The highest BCUT2D eigenvalue weighted by Gasteiger charge is 2.16. The van der Waals surface area contributed by atoms with Gasteiger partial charge in [0.1, 0.15) is 17.5 Å². The van der Waals surface area contributed by atoms with E-state index in [-0.39, 0.29) is 11.4 Å². The summed E-state index contributed by atoms with van der Waals surface area (Å²) < 4.78 is 16.9. The fraction of sp³-hybridized carbons (Fsp3) is 0.130. The Hall–Kier alpha value is -2.88. The van der Waals surface area contributed by atoms with Gasteiger partial charge in [-0.25, -0.2) is 4.39 Å². The van der Waals surface area contributed by atoms with Crippen molar-refractivity contribution < 1.29 is 9.18 Å². The van der Waals surface area contributed by atoms with Crippen molar-refractivity contribution in [2.75, 3.05) is 5.32 Å². The van der Waals surface area contributed by atoms with Gasteiger partial charge in [0.25, 0.3) is 5.91 Å². The first-order valence-corrected chi connectivity index (χ1v) is 10.2. The number of rotatable bonds is 4. The fourth-order valence-electron chi connectivity index (χ4n) is 3.20. The molecule has 0 saturated carbocycles. The average Bonchev–Trinajstić information content (AvgIpc) is 2.97. The van der Waals surface area contributed by atoms with E-state index in [1.807, 2.05) is 26.0 Å². The molecule has 1 aromatic heterocycles. The zero-order valence-corrected chi connectivity index (χ0v) is 18.9. The number of nitrogens with zero attached hydrogens (tertiary/aromatic N) is 2. The molecule has 0 unspecified atom stereocenters. The molecule has 0 aliphatic heterocycles. The van der Waals surface area contributed by atoms with E-state index < -0.39 is 5.91 Å². The molecule has 2 aromatic carbocycles. The maximum atomic E-state index is 14.5. The van der Waals surface area contributed by atoms with Crippen molar-refractivity contribution in [1.82, 2.24) is 4.57 Å². The lowest BCUT2D eigenvalue weighted by Gasteiger charge is -2.11. The predicted molar refractivity (Wildman–Crippen MR) is 121 cm³/mol. The number of nitriles is 1. The van der Waals surface area contributed by atoms with Gasteiger partial charge < -0.3 is 9.88 Å². The highest BCUT2D eigenvalue weighted by molar-refractivity contribution is 9.10. The summed E-state index contributed by atoms with van der Waals surface area (Å²) in [5, 5.41) is 12.8. The van der Waals surface area contributed by atoms with Crippen molar-refractivity contribution in [1.29, 1.82) is 5.26 Å². The Morgan fingerprint density at radius 2 is 1.97 bits per heavy atom. The quantitative estimate of drug-likeness (QED) is 0.338. The number of aryl methyl sites for hydroxylation is 1.